The molecule has 0 saturated heterocycles. The van der Waals surface area contributed by atoms with E-state index in [1.165, 1.54) is 12.1 Å². The van der Waals surface area contributed by atoms with Crippen LogP contribution in [0.25, 0.3) is 16.7 Å². The zero-order valence-electron chi connectivity index (χ0n) is 22.9. The van der Waals surface area contributed by atoms with Crippen LogP contribution in [-0.4, -0.2) is 23.5 Å². The molecule has 0 radical (unpaired) electrons. The van der Waals surface area contributed by atoms with E-state index in [0.29, 0.717) is 22.9 Å². The molecule has 194 valence electrons. The van der Waals surface area contributed by atoms with Crippen LogP contribution in [0.3, 0.4) is 0 Å². The second-order valence-electron chi connectivity index (χ2n) is 12.6. The molecule has 0 unspecified atom stereocenters. The van der Waals surface area contributed by atoms with Gasteiger partial charge in [-0.05, 0) is 112 Å². The molecule has 1 aliphatic carbocycles. The highest BCUT2D eigenvalue weighted by Crippen LogP contribution is 2.44. The van der Waals surface area contributed by atoms with Crippen molar-refractivity contribution in [3.63, 3.8) is 0 Å². The second kappa shape index (κ2) is 9.86. The third-order valence-corrected chi connectivity index (χ3v) is 13.3. The lowest BCUT2D eigenvalue weighted by molar-refractivity contribution is 0.00548. The van der Waals surface area contributed by atoms with Crippen LogP contribution in [0.15, 0.2) is 53.6 Å². The quantitative estimate of drug-likeness (QED) is 0.321. The fourth-order valence-electron chi connectivity index (χ4n) is 5.43. The lowest BCUT2D eigenvalue weighted by atomic mass is 9.73. The number of aromatic nitrogens is 2. The first kappa shape index (κ1) is 26.7. The summed E-state index contributed by atoms with van der Waals surface area (Å²) in [6, 6.07) is 9.98. The SMILES string of the molecule is CC(C)(C)[Si](C)(C)OC(C)(C)[C@H]1CC[C@H](Cc2cn(-c3ccc(F)cc3)c3ncccc3c2=O)CC1. The molecular weight excluding hydrogens is 467 g/mol. The van der Waals surface area contributed by atoms with E-state index in [1.54, 1.807) is 24.4 Å². The fraction of sp³-hybridized carbons (Fsp3) is 0.533. The Morgan fingerprint density at radius 2 is 1.67 bits per heavy atom. The van der Waals surface area contributed by atoms with Crippen LogP contribution < -0.4 is 5.43 Å². The van der Waals surface area contributed by atoms with Crippen molar-refractivity contribution in [3.8, 4) is 5.69 Å². The molecule has 6 heteroatoms. The van der Waals surface area contributed by atoms with E-state index >= 15 is 0 Å². The highest BCUT2D eigenvalue weighted by atomic mass is 28.4. The van der Waals surface area contributed by atoms with Gasteiger partial charge in [0.1, 0.15) is 11.5 Å². The van der Waals surface area contributed by atoms with Gasteiger partial charge >= 0.3 is 0 Å². The maximum Gasteiger partial charge on any atom is 0.194 e. The number of pyridine rings is 2. The molecule has 2 aromatic heterocycles. The van der Waals surface area contributed by atoms with Crippen molar-refractivity contribution in [2.24, 2.45) is 11.8 Å². The van der Waals surface area contributed by atoms with Gasteiger partial charge in [-0.15, -0.1) is 0 Å². The summed E-state index contributed by atoms with van der Waals surface area (Å²) in [5.41, 5.74) is 2.12. The van der Waals surface area contributed by atoms with Gasteiger partial charge in [-0.25, -0.2) is 9.37 Å². The predicted molar refractivity (Wildman–Crippen MR) is 149 cm³/mol. The number of fused-ring (bicyclic) bond motifs is 1. The summed E-state index contributed by atoms with van der Waals surface area (Å²) >= 11 is 0. The van der Waals surface area contributed by atoms with Gasteiger partial charge in [0, 0.05) is 23.6 Å². The van der Waals surface area contributed by atoms with Crippen LogP contribution in [0, 0.1) is 17.7 Å². The Kier molecular flexibility index (Phi) is 7.33. The largest absolute Gasteiger partial charge is 0.412 e. The van der Waals surface area contributed by atoms with Gasteiger partial charge in [0.15, 0.2) is 13.7 Å². The molecule has 4 rings (SSSR count). The molecule has 0 N–H and O–H groups in total. The first-order valence-corrected chi connectivity index (χ1v) is 16.1. The number of benzene rings is 1. The molecule has 1 aromatic carbocycles. The maximum atomic E-state index is 13.6. The van der Waals surface area contributed by atoms with Gasteiger partial charge in [-0.3, -0.25) is 4.79 Å². The highest BCUT2D eigenvalue weighted by Gasteiger charge is 2.44. The standard InChI is InChI=1S/C30H41FN2O2Si/c1-29(2,3)36(6,7)35-30(4,5)23-12-10-21(11-13-23)19-22-20-33(25-16-14-24(31)15-17-25)28-26(27(22)34)9-8-18-32-28/h8-9,14-18,20-21,23H,10-13,19H2,1-7H3/t21-,23-. The summed E-state index contributed by atoms with van der Waals surface area (Å²) in [5.74, 6) is 0.711. The molecule has 0 amide bonds. The van der Waals surface area contributed by atoms with Gasteiger partial charge < -0.3 is 8.99 Å². The third kappa shape index (κ3) is 5.50. The normalized spacial score (nSPS) is 19.6. The van der Waals surface area contributed by atoms with Gasteiger partial charge in [0.05, 0.1) is 11.0 Å². The number of hydrogen-bond acceptors (Lipinski definition) is 3. The van der Waals surface area contributed by atoms with Crippen molar-refractivity contribution in [2.45, 2.75) is 90.5 Å². The summed E-state index contributed by atoms with van der Waals surface area (Å²) < 4.78 is 22.4. The van der Waals surface area contributed by atoms with Crippen molar-refractivity contribution in [1.82, 2.24) is 9.55 Å². The van der Waals surface area contributed by atoms with E-state index < -0.39 is 8.32 Å². The molecule has 0 atom stereocenters. The molecule has 3 aromatic rings. The lowest BCUT2D eigenvalue weighted by Gasteiger charge is -2.47. The average molecular weight is 509 g/mol. The number of rotatable bonds is 6. The van der Waals surface area contributed by atoms with Crippen LogP contribution in [-0.2, 0) is 10.8 Å². The van der Waals surface area contributed by atoms with Gasteiger partial charge in [0.2, 0.25) is 0 Å². The van der Waals surface area contributed by atoms with E-state index in [-0.39, 0.29) is 21.9 Å². The average Bonchev–Trinajstić information content (AvgIpc) is 2.80. The van der Waals surface area contributed by atoms with Crippen LogP contribution in [0.2, 0.25) is 18.1 Å². The Hall–Kier alpha value is -2.31. The Morgan fingerprint density at radius 3 is 2.28 bits per heavy atom. The Morgan fingerprint density at radius 1 is 1.03 bits per heavy atom. The molecule has 0 aliphatic heterocycles. The van der Waals surface area contributed by atoms with Gasteiger partial charge in [-0.2, -0.15) is 0 Å². The highest BCUT2D eigenvalue weighted by molar-refractivity contribution is 6.74. The topological polar surface area (TPSA) is 44.1 Å². The van der Waals surface area contributed by atoms with Crippen LogP contribution in [0.1, 0.15) is 65.9 Å². The van der Waals surface area contributed by atoms with Crippen LogP contribution in [0.5, 0.6) is 0 Å². The molecule has 0 bridgehead atoms. The smallest absolute Gasteiger partial charge is 0.194 e. The fourth-order valence-corrected chi connectivity index (χ4v) is 7.21. The van der Waals surface area contributed by atoms with Gasteiger partial charge in [0.25, 0.3) is 0 Å². The Bertz CT molecular complexity index is 1270. The number of nitrogens with zero attached hydrogens (tertiary/aromatic N) is 2. The van der Waals surface area contributed by atoms with E-state index in [9.17, 15) is 9.18 Å². The molecule has 0 spiro atoms. The molecule has 2 heterocycles. The number of hydrogen-bond donors (Lipinski definition) is 0. The monoisotopic (exact) mass is 508 g/mol. The summed E-state index contributed by atoms with van der Waals surface area (Å²) in [6.45, 7) is 16.1. The second-order valence-corrected chi connectivity index (χ2v) is 17.3. The molecule has 1 saturated carbocycles. The third-order valence-electron chi connectivity index (χ3n) is 8.60. The first-order chi connectivity index (χ1) is 16.8. The number of halogens is 1. The van der Waals surface area contributed by atoms with Crippen LogP contribution in [0.4, 0.5) is 4.39 Å². The lowest BCUT2D eigenvalue weighted by Crippen LogP contribution is -2.50. The molecule has 1 aliphatic rings. The molecule has 36 heavy (non-hydrogen) atoms. The summed E-state index contributed by atoms with van der Waals surface area (Å²) in [4.78, 5) is 17.9. The van der Waals surface area contributed by atoms with E-state index in [2.05, 4.69) is 52.7 Å². The summed E-state index contributed by atoms with van der Waals surface area (Å²) in [6.07, 6.45) is 8.78. The molecule has 4 nitrogen and oxygen atoms in total. The minimum Gasteiger partial charge on any atom is -0.412 e. The van der Waals surface area contributed by atoms with Gasteiger partial charge in [-0.1, -0.05) is 20.8 Å². The summed E-state index contributed by atoms with van der Waals surface area (Å²) in [5, 5.41) is 0.800. The van der Waals surface area contributed by atoms with E-state index in [0.717, 1.165) is 43.4 Å². The first-order valence-electron chi connectivity index (χ1n) is 13.2. The van der Waals surface area contributed by atoms with Crippen molar-refractivity contribution in [3.05, 3.63) is 70.4 Å². The molecule has 1 fully saturated rings. The minimum absolute atomic E-state index is 0.0557. The van der Waals surface area contributed by atoms with Crippen molar-refractivity contribution in [2.75, 3.05) is 0 Å². The molecular formula is C30H41FN2O2Si. The van der Waals surface area contributed by atoms with E-state index in [4.69, 9.17) is 4.43 Å². The predicted octanol–water partition coefficient (Wildman–Crippen LogP) is 7.67. The Balaban J connectivity index is 1.53. The minimum atomic E-state index is -1.85. The van der Waals surface area contributed by atoms with Crippen molar-refractivity contribution < 1.29 is 8.82 Å². The zero-order chi connectivity index (χ0) is 26.3. The van der Waals surface area contributed by atoms with Crippen LogP contribution >= 0.6 is 0 Å². The zero-order valence-corrected chi connectivity index (χ0v) is 23.9. The van der Waals surface area contributed by atoms with Crippen molar-refractivity contribution >= 4 is 19.4 Å². The summed E-state index contributed by atoms with van der Waals surface area (Å²) in [7, 11) is -1.85. The van der Waals surface area contributed by atoms with Crippen molar-refractivity contribution in [1.29, 1.82) is 0 Å². The van der Waals surface area contributed by atoms with E-state index in [1.807, 2.05) is 16.8 Å². The maximum absolute atomic E-state index is 13.6. The Labute approximate surface area is 216 Å².